The molecule has 0 aliphatic rings. The normalized spacial score (nSPS) is 11.3. The molecule has 28 heavy (non-hydrogen) atoms. The summed E-state index contributed by atoms with van der Waals surface area (Å²) in [5.41, 5.74) is 5.51. The molecular weight excluding hydrogens is 379 g/mol. The smallest absolute Gasteiger partial charge is 0.272 e. The van der Waals surface area contributed by atoms with Crippen LogP contribution >= 0.6 is 11.6 Å². The molecule has 0 radical (unpaired) electrons. The molecule has 0 fully saturated rings. The Hall–Kier alpha value is -2.99. The zero-order valence-corrected chi connectivity index (χ0v) is 16.3. The van der Waals surface area contributed by atoms with Crippen molar-refractivity contribution in [2.75, 3.05) is 0 Å². The predicted octanol–water partition coefficient (Wildman–Crippen LogP) is 4.83. The van der Waals surface area contributed by atoms with Gasteiger partial charge in [-0.2, -0.15) is 10.2 Å². The molecule has 1 aromatic heterocycles. The number of hydrazone groups is 1. The van der Waals surface area contributed by atoms with E-state index in [0.717, 1.165) is 12.0 Å². The quantitative estimate of drug-likeness (QED) is 0.461. The highest BCUT2D eigenvalue weighted by molar-refractivity contribution is 6.33. The van der Waals surface area contributed by atoms with Crippen molar-refractivity contribution in [1.82, 2.24) is 15.6 Å². The number of aromatic nitrogens is 2. The standard InChI is InChI=1S/C21H20ClFN4O/c1-13(2)10-14-6-8-15(9-7-14)19-11-20(26-25-19)21(28)27-24-12-16-17(22)4-3-5-18(16)23/h3-9,11-13H,10H2,1-2H3,(H,25,26)(H,27,28)/b24-12+. The number of carbonyl (C=O) groups excluding carboxylic acids is 1. The molecule has 2 N–H and O–H groups in total. The lowest BCUT2D eigenvalue weighted by Crippen LogP contribution is -2.18. The van der Waals surface area contributed by atoms with Gasteiger partial charge in [0, 0.05) is 11.1 Å². The molecule has 0 saturated heterocycles. The van der Waals surface area contributed by atoms with Crippen LogP contribution in [0.15, 0.2) is 53.6 Å². The van der Waals surface area contributed by atoms with Crippen molar-refractivity contribution in [3.8, 4) is 11.3 Å². The van der Waals surface area contributed by atoms with Crippen molar-refractivity contribution >= 4 is 23.7 Å². The molecule has 5 nitrogen and oxygen atoms in total. The number of nitrogens with zero attached hydrogens (tertiary/aromatic N) is 2. The van der Waals surface area contributed by atoms with Crippen LogP contribution in [0.3, 0.4) is 0 Å². The molecule has 0 unspecified atom stereocenters. The van der Waals surface area contributed by atoms with Crippen LogP contribution in [0, 0.1) is 11.7 Å². The molecular formula is C21H20ClFN4O. The van der Waals surface area contributed by atoms with E-state index in [1.165, 1.54) is 23.9 Å². The van der Waals surface area contributed by atoms with E-state index in [-0.39, 0.29) is 16.3 Å². The molecule has 0 spiro atoms. The molecule has 1 heterocycles. The predicted molar refractivity (Wildman–Crippen MR) is 109 cm³/mol. The Balaban J connectivity index is 1.66. The van der Waals surface area contributed by atoms with Crippen molar-refractivity contribution in [3.63, 3.8) is 0 Å². The molecule has 1 amide bonds. The molecule has 7 heteroatoms. The highest BCUT2D eigenvalue weighted by Gasteiger charge is 2.11. The summed E-state index contributed by atoms with van der Waals surface area (Å²) < 4.78 is 13.7. The van der Waals surface area contributed by atoms with Gasteiger partial charge in [0.25, 0.3) is 5.91 Å². The minimum atomic E-state index is -0.518. The second kappa shape index (κ2) is 8.80. The molecule has 0 atom stereocenters. The highest BCUT2D eigenvalue weighted by atomic mass is 35.5. The van der Waals surface area contributed by atoms with Gasteiger partial charge < -0.3 is 0 Å². The third-order valence-electron chi connectivity index (χ3n) is 4.08. The first-order valence-electron chi connectivity index (χ1n) is 8.86. The van der Waals surface area contributed by atoms with E-state index in [2.05, 4.69) is 46.7 Å². The second-order valence-corrected chi connectivity index (χ2v) is 7.20. The molecule has 0 aliphatic carbocycles. The van der Waals surface area contributed by atoms with Crippen LogP contribution in [-0.4, -0.2) is 22.3 Å². The summed E-state index contributed by atoms with van der Waals surface area (Å²) in [4.78, 5) is 12.2. The van der Waals surface area contributed by atoms with Gasteiger partial charge in [-0.15, -0.1) is 0 Å². The molecule has 0 aliphatic heterocycles. The maximum atomic E-state index is 13.7. The Kier molecular flexibility index (Phi) is 6.21. The maximum absolute atomic E-state index is 13.7. The van der Waals surface area contributed by atoms with E-state index in [4.69, 9.17) is 11.6 Å². The number of amides is 1. The third-order valence-corrected chi connectivity index (χ3v) is 4.41. The average molecular weight is 399 g/mol. The van der Waals surface area contributed by atoms with Crippen molar-refractivity contribution < 1.29 is 9.18 Å². The largest absolute Gasteiger partial charge is 0.289 e. The Labute approximate surface area is 167 Å². The van der Waals surface area contributed by atoms with E-state index in [0.29, 0.717) is 11.6 Å². The van der Waals surface area contributed by atoms with Crippen LogP contribution in [0.4, 0.5) is 4.39 Å². The zero-order chi connectivity index (χ0) is 20.1. The van der Waals surface area contributed by atoms with Crippen LogP contribution in [0.1, 0.15) is 35.5 Å². The molecule has 2 aromatic carbocycles. The fourth-order valence-corrected chi connectivity index (χ4v) is 2.93. The van der Waals surface area contributed by atoms with Gasteiger partial charge in [-0.3, -0.25) is 9.89 Å². The van der Waals surface area contributed by atoms with Crippen molar-refractivity contribution in [2.24, 2.45) is 11.0 Å². The molecule has 3 aromatic rings. The summed E-state index contributed by atoms with van der Waals surface area (Å²) in [7, 11) is 0. The number of hydrogen-bond acceptors (Lipinski definition) is 3. The van der Waals surface area contributed by atoms with E-state index >= 15 is 0 Å². The lowest BCUT2D eigenvalue weighted by atomic mass is 10.0. The minimum absolute atomic E-state index is 0.108. The highest BCUT2D eigenvalue weighted by Crippen LogP contribution is 2.20. The van der Waals surface area contributed by atoms with Crippen molar-refractivity contribution in [1.29, 1.82) is 0 Å². The number of nitrogens with one attached hydrogen (secondary N) is 2. The topological polar surface area (TPSA) is 70.1 Å². The second-order valence-electron chi connectivity index (χ2n) is 6.80. The molecule has 3 rings (SSSR count). The maximum Gasteiger partial charge on any atom is 0.289 e. The van der Waals surface area contributed by atoms with Crippen LogP contribution in [0.25, 0.3) is 11.3 Å². The van der Waals surface area contributed by atoms with Gasteiger partial charge in [-0.05, 0) is 36.1 Å². The van der Waals surface area contributed by atoms with Gasteiger partial charge in [-0.25, -0.2) is 9.82 Å². The van der Waals surface area contributed by atoms with Gasteiger partial charge >= 0.3 is 0 Å². The number of benzene rings is 2. The summed E-state index contributed by atoms with van der Waals surface area (Å²) in [5, 5.41) is 10.8. The van der Waals surface area contributed by atoms with E-state index in [1.807, 2.05) is 12.1 Å². The van der Waals surface area contributed by atoms with Gasteiger partial charge in [0.05, 0.1) is 16.9 Å². The Morgan fingerprint density at radius 3 is 2.71 bits per heavy atom. The summed E-state index contributed by atoms with van der Waals surface area (Å²) in [6.45, 7) is 4.35. The third kappa shape index (κ3) is 4.84. The number of H-pyrrole nitrogens is 1. The van der Waals surface area contributed by atoms with Gasteiger partial charge in [-0.1, -0.05) is 55.8 Å². The van der Waals surface area contributed by atoms with Crippen LogP contribution < -0.4 is 5.43 Å². The minimum Gasteiger partial charge on any atom is -0.272 e. The Morgan fingerprint density at radius 2 is 2.04 bits per heavy atom. The summed E-state index contributed by atoms with van der Waals surface area (Å²) in [5.74, 6) is -0.416. The van der Waals surface area contributed by atoms with Gasteiger partial charge in [0.2, 0.25) is 0 Å². The van der Waals surface area contributed by atoms with Crippen molar-refractivity contribution in [2.45, 2.75) is 20.3 Å². The lowest BCUT2D eigenvalue weighted by molar-refractivity contribution is 0.0950. The van der Waals surface area contributed by atoms with Crippen LogP contribution in [0.5, 0.6) is 0 Å². The number of halogens is 2. The summed E-state index contributed by atoms with van der Waals surface area (Å²) in [6, 6.07) is 14.0. The molecule has 0 bridgehead atoms. The van der Waals surface area contributed by atoms with Gasteiger partial charge in [0.1, 0.15) is 11.5 Å². The first kappa shape index (κ1) is 19.8. The summed E-state index contributed by atoms with van der Waals surface area (Å²) in [6.07, 6.45) is 2.18. The number of aromatic amines is 1. The van der Waals surface area contributed by atoms with E-state index < -0.39 is 11.7 Å². The zero-order valence-electron chi connectivity index (χ0n) is 15.5. The fourth-order valence-electron chi connectivity index (χ4n) is 2.72. The first-order chi connectivity index (χ1) is 13.4. The summed E-state index contributed by atoms with van der Waals surface area (Å²) >= 11 is 5.91. The van der Waals surface area contributed by atoms with Crippen LogP contribution in [0.2, 0.25) is 5.02 Å². The monoisotopic (exact) mass is 398 g/mol. The molecule has 144 valence electrons. The number of carbonyl (C=O) groups is 1. The number of hydrogen-bond donors (Lipinski definition) is 2. The van der Waals surface area contributed by atoms with Crippen LogP contribution in [-0.2, 0) is 6.42 Å². The van der Waals surface area contributed by atoms with E-state index in [1.54, 1.807) is 12.1 Å². The fraction of sp³-hybridized carbons (Fsp3) is 0.190. The average Bonchev–Trinajstić information content (AvgIpc) is 3.14. The molecule has 0 saturated carbocycles. The first-order valence-corrected chi connectivity index (χ1v) is 9.24. The Bertz CT molecular complexity index is 976. The number of rotatable bonds is 6. The lowest BCUT2D eigenvalue weighted by Gasteiger charge is -2.05. The van der Waals surface area contributed by atoms with E-state index in [9.17, 15) is 9.18 Å². The van der Waals surface area contributed by atoms with Crippen molar-refractivity contribution in [3.05, 3.63) is 76.2 Å². The van der Waals surface area contributed by atoms with Gasteiger partial charge in [0.15, 0.2) is 0 Å². The Morgan fingerprint density at radius 1 is 1.29 bits per heavy atom. The SMILES string of the molecule is CC(C)Cc1ccc(-c2cc(C(=O)N/N=C/c3c(F)cccc3Cl)[nH]n2)cc1.